The van der Waals surface area contributed by atoms with Gasteiger partial charge in [-0.25, -0.2) is 0 Å². The molecule has 2 aromatic rings. The van der Waals surface area contributed by atoms with Crippen LogP contribution in [0.3, 0.4) is 0 Å². The first-order valence-corrected chi connectivity index (χ1v) is 7.39. The van der Waals surface area contributed by atoms with Crippen LogP contribution in [0, 0.1) is 0 Å². The van der Waals surface area contributed by atoms with E-state index < -0.39 is 0 Å². The van der Waals surface area contributed by atoms with Gasteiger partial charge in [-0.1, -0.05) is 27.7 Å². The Balaban J connectivity index is 1.77. The molecule has 9 heteroatoms. The molecule has 110 valence electrons. The normalized spacial score (nSPS) is 10.2. The van der Waals surface area contributed by atoms with Crippen LogP contribution in [0.2, 0.25) is 10.0 Å². The summed E-state index contributed by atoms with van der Waals surface area (Å²) in [5.41, 5.74) is 0.405. The zero-order valence-corrected chi connectivity index (χ0v) is 12.9. The predicted octanol–water partition coefficient (Wildman–Crippen LogP) is 2.00. The van der Waals surface area contributed by atoms with E-state index in [1.54, 1.807) is 12.1 Å². The maximum Gasteiger partial charge on any atom is 0.264 e. The second-order valence-corrected chi connectivity index (χ2v) is 5.52. The fourth-order valence-corrected chi connectivity index (χ4v) is 2.18. The molecule has 0 radical (unpaired) electrons. The van der Waals surface area contributed by atoms with Gasteiger partial charge in [0.1, 0.15) is 4.88 Å². The van der Waals surface area contributed by atoms with Crippen LogP contribution in [0.5, 0.6) is 0 Å². The Labute approximate surface area is 134 Å². The highest BCUT2D eigenvalue weighted by Crippen LogP contribution is 2.22. The molecule has 0 saturated heterocycles. The lowest BCUT2D eigenvalue weighted by Crippen LogP contribution is -2.34. The average Bonchev–Trinajstić information content (AvgIpc) is 3.00. The molecule has 0 fully saturated rings. The zero-order valence-electron chi connectivity index (χ0n) is 10.6. The van der Waals surface area contributed by atoms with E-state index in [0.717, 1.165) is 11.5 Å². The summed E-state index contributed by atoms with van der Waals surface area (Å²) >= 11 is 12.6. The highest BCUT2D eigenvalue weighted by molar-refractivity contribution is 7.07. The number of amides is 2. The average molecular weight is 345 g/mol. The summed E-state index contributed by atoms with van der Waals surface area (Å²) in [4.78, 5) is 23.8. The van der Waals surface area contributed by atoms with Crippen molar-refractivity contribution < 1.29 is 9.59 Å². The quantitative estimate of drug-likeness (QED) is 0.812. The SMILES string of the molecule is O=C(NCCNC(=O)c1cnns1)c1ccc(Cl)c(Cl)c1. The number of benzene rings is 1. The van der Waals surface area contributed by atoms with E-state index >= 15 is 0 Å². The summed E-state index contributed by atoms with van der Waals surface area (Å²) in [5, 5.41) is 9.58. The molecule has 2 N–H and O–H groups in total. The second-order valence-electron chi connectivity index (χ2n) is 3.92. The molecule has 0 spiro atoms. The van der Waals surface area contributed by atoms with Gasteiger partial charge in [-0.05, 0) is 29.7 Å². The van der Waals surface area contributed by atoms with Crippen molar-refractivity contribution in [2.75, 3.05) is 13.1 Å². The van der Waals surface area contributed by atoms with E-state index in [1.165, 1.54) is 12.3 Å². The number of nitrogens with one attached hydrogen (secondary N) is 2. The van der Waals surface area contributed by atoms with E-state index in [4.69, 9.17) is 23.2 Å². The first-order chi connectivity index (χ1) is 10.1. The first-order valence-electron chi connectivity index (χ1n) is 5.86. The van der Waals surface area contributed by atoms with Crippen LogP contribution in [0.15, 0.2) is 24.4 Å². The van der Waals surface area contributed by atoms with Crippen LogP contribution >= 0.6 is 34.7 Å². The van der Waals surface area contributed by atoms with Crippen molar-refractivity contribution in [3.8, 4) is 0 Å². The molecule has 1 aromatic carbocycles. The summed E-state index contributed by atoms with van der Waals surface area (Å²) in [6.45, 7) is 0.584. The van der Waals surface area contributed by atoms with Gasteiger partial charge in [0.25, 0.3) is 11.8 Å². The van der Waals surface area contributed by atoms with Crippen LogP contribution < -0.4 is 10.6 Å². The van der Waals surface area contributed by atoms with E-state index in [-0.39, 0.29) is 18.4 Å². The molecule has 0 aliphatic rings. The van der Waals surface area contributed by atoms with Crippen molar-refractivity contribution in [1.82, 2.24) is 20.2 Å². The molecule has 0 aliphatic heterocycles. The van der Waals surface area contributed by atoms with E-state index in [2.05, 4.69) is 20.2 Å². The summed E-state index contributed by atoms with van der Waals surface area (Å²) in [7, 11) is 0. The Hall–Kier alpha value is -1.70. The van der Waals surface area contributed by atoms with E-state index in [0.29, 0.717) is 27.0 Å². The molecular formula is C12H10Cl2N4O2S. The van der Waals surface area contributed by atoms with Gasteiger partial charge in [0.2, 0.25) is 0 Å². The number of carbonyl (C=O) groups excluding carboxylic acids is 2. The number of hydrogen-bond donors (Lipinski definition) is 2. The Morgan fingerprint density at radius 1 is 1.10 bits per heavy atom. The Kier molecular flexibility index (Phi) is 5.49. The fourth-order valence-electron chi connectivity index (χ4n) is 1.45. The number of hydrogen-bond acceptors (Lipinski definition) is 5. The molecule has 0 aliphatic carbocycles. The van der Waals surface area contributed by atoms with Crippen molar-refractivity contribution >= 4 is 46.5 Å². The van der Waals surface area contributed by atoms with Gasteiger partial charge in [0.15, 0.2) is 0 Å². The summed E-state index contributed by atoms with van der Waals surface area (Å²) in [6.07, 6.45) is 1.38. The van der Waals surface area contributed by atoms with Crippen molar-refractivity contribution in [2.24, 2.45) is 0 Å². The lowest BCUT2D eigenvalue weighted by atomic mass is 10.2. The molecule has 2 amide bonds. The smallest absolute Gasteiger partial charge is 0.264 e. The third-order valence-corrected chi connectivity index (χ3v) is 3.87. The number of aromatic nitrogens is 2. The third-order valence-electron chi connectivity index (χ3n) is 2.46. The summed E-state index contributed by atoms with van der Waals surface area (Å²) in [5.74, 6) is -0.559. The molecule has 1 heterocycles. The molecular weight excluding hydrogens is 335 g/mol. The molecule has 6 nitrogen and oxygen atoms in total. The van der Waals surface area contributed by atoms with E-state index in [9.17, 15) is 9.59 Å². The van der Waals surface area contributed by atoms with Gasteiger partial charge in [-0.3, -0.25) is 9.59 Å². The minimum Gasteiger partial charge on any atom is -0.350 e. The van der Waals surface area contributed by atoms with Gasteiger partial charge in [-0.15, -0.1) is 5.10 Å². The van der Waals surface area contributed by atoms with Gasteiger partial charge >= 0.3 is 0 Å². The fraction of sp³-hybridized carbons (Fsp3) is 0.167. The lowest BCUT2D eigenvalue weighted by molar-refractivity contribution is 0.0929. The monoisotopic (exact) mass is 344 g/mol. The van der Waals surface area contributed by atoms with Crippen LogP contribution in [-0.2, 0) is 0 Å². The number of carbonyl (C=O) groups is 2. The summed E-state index contributed by atoms with van der Waals surface area (Å²) < 4.78 is 3.59. The molecule has 0 bridgehead atoms. The Bertz CT molecular complexity index is 649. The van der Waals surface area contributed by atoms with Gasteiger partial charge in [-0.2, -0.15) is 0 Å². The van der Waals surface area contributed by atoms with Crippen LogP contribution in [-0.4, -0.2) is 34.5 Å². The highest BCUT2D eigenvalue weighted by atomic mass is 35.5. The van der Waals surface area contributed by atoms with Crippen molar-refractivity contribution in [3.05, 3.63) is 44.9 Å². The highest BCUT2D eigenvalue weighted by Gasteiger charge is 2.09. The van der Waals surface area contributed by atoms with Crippen LogP contribution in [0.25, 0.3) is 0 Å². The third kappa shape index (κ3) is 4.38. The Morgan fingerprint density at radius 3 is 2.43 bits per heavy atom. The minimum absolute atomic E-state index is 0.270. The topological polar surface area (TPSA) is 84.0 Å². The maximum absolute atomic E-state index is 11.8. The van der Waals surface area contributed by atoms with Crippen LogP contribution in [0.1, 0.15) is 20.0 Å². The largest absolute Gasteiger partial charge is 0.350 e. The van der Waals surface area contributed by atoms with Crippen LogP contribution in [0.4, 0.5) is 0 Å². The van der Waals surface area contributed by atoms with E-state index in [1.807, 2.05) is 0 Å². The summed E-state index contributed by atoms with van der Waals surface area (Å²) in [6, 6.07) is 4.61. The molecule has 0 unspecified atom stereocenters. The lowest BCUT2D eigenvalue weighted by Gasteiger charge is -2.07. The second kappa shape index (κ2) is 7.35. The minimum atomic E-state index is -0.290. The maximum atomic E-state index is 11.8. The molecule has 0 atom stereocenters. The molecule has 1 aromatic heterocycles. The van der Waals surface area contributed by atoms with Crippen molar-refractivity contribution in [1.29, 1.82) is 0 Å². The first kappa shape index (κ1) is 15.7. The molecule has 21 heavy (non-hydrogen) atoms. The van der Waals surface area contributed by atoms with Gasteiger partial charge < -0.3 is 10.6 Å². The number of nitrogens with zero attached hydrogens (tertiary/aromatic N) is 2. The standard InChI is InChI=1S/C12H10Cl2N4O2S/c13-8-2-1-7(5-9(8)14)11(19)15-3-4-16-12(20)10-6-17-18-21-10/h1-2,5-6H,3-4H2,(H,15,19)(H,16,20). The zero-order chi connectivity index (χ0) is 15.2. The van der Waals surface area contributed by atoms with Gasteiger partial charge in [0.05, 0.1) is 16.2 Å². The van der Waals surface area contributed by atoms with Crippen molar-refractivity contribution in [3.63, 3.8) is 0 Å². The van der Waals surface area contributed by atoms with Crippen molar-refractivity contribution in [2.45, 2.75) is 0 Å². The van der Waals surface area contributed by atoms with Gasteiger partial charge in [0, 0.05) is 18.7 Å². The number of halogens is 2. The molecule has 0 saturated carbocycles. The Morgan fingerprint density at radius 2 is 1.81 bits per heavy atom. The molecule has 2 rings (SSSR count). The predicted molar refractivity (Wildman–Crippen MR) is 81.0 cm³/mol. The number of rotatable bonds is 5.